The van der Waals surface area contributed by atoms with Crippen LogP contribution in [-0.2, 0) is 0 Å². The van der Waals surface area contributed by atoms with Gasteiger partial charge in [-0.05, 0) is 31.9 Å². The Hall–Kier alpha value is -3.51. The predicted octanol–water partition coefficient (Wildman–Crippen LogP) is 3.94. The second-order valence-corrected chi connectivity index (χ2v) is 8.22. The van der Waals surface area contributed by atoms with Crippen molar-refractivity contribution in [2.45, 2.75) is 25.8 Å². The minimum absolute atomic E-state index is 0.0677. The summed E-state index contributed by atoms with van der Waals surface area (Å²) in [4.78, 5) is 23.7. The van der Waals surface area contributed by atoms with Gasteiger partial charge in [0, 0.05) is 42.0 Å². The molecular weight excluding hydrogens is 386 g/mol. The number of nitrogens with two attached hydrogens (primary N) is 1. The molecular formula is C25H25N5O. The molecule has 4 aromatic rings. The number of aryl methyl sites for hydroxylation is 1. The smallest absolute Gasteiger partial charge is 0.253 e. The van der Waals surface area contributed by atoms with Crippen molar-refractivity contribution < 1.29 is 4.79 Å². The van der Waals surface area contributed by atoms with Gasteiger partial charge in [0.1, 0.15) is 0 Å². The second-order valence-electron chi connectivity index (χ2n) is 8.22. The Labute approximate surface area is 181 Å². The molecule has 1 aliphatic heterocycles. The van der Waals surface area contributed by atoms with Crippen molar-refractivity contribution in [1.29, 1.82) is 0 Å². The summed E-state index contributed by atoms with van der Waals surface area (Å²) in [6, 6.07) is 16.3. The second kappa shape index (κ2) is 7.96. The molecule has 2 aromatic carbocycles. The average Bonchev–Trinajstić information content (AvgIpc) is 3.23. The van der Waals surface area contributed by atoms with E-state index in [9.17, 15) is 4.79 Å². The van der Waals surface area contributed by atoms with Gasteiger partial charge in [0.15, 0.2) is 5.65 Å². The first-order valence-corrected chi connectivity index (χ1v) is 10.6. The third-order valence-corrected chi connectivity index (χ3v) is 6.00. The molecule has 0 unspecified atom stereocenters. The van der Waals surface area contributed by atoms with Gasteiger partial charge in [0.2, 0.25) is 0 Å². The fourth-order valence-electron chi connectivity index (χ4n) is 4.04. The number of piperidine rings is 1. The highest BCUT2D eigenvalue weighted by Crippen LogP contribution is 2.24. The summed E-state index contributed by atoms with van der Waals surface area (Å²) in [5.41, 5.74) is 12.6. The molecule has 0 atom stereocenters. The summed E-state index contributed by atoms with van der Waals surface area (Å²) in [7, 11) is 0. The molecule has 156 valence electrons. The predicted molar refractivity (Wildman–Crippen MR) is 122 cm³/mol. The van der Waals surface area contributed by atoms with Gasteiger partial charge in [-0.25, -0.2) is 4.98 Å². The van der Waals surface area contributed by atoms with Crippen LogP contribution in [0, 0.1) is 6.92 Å². The molecule has 5 rings (SSSR count). The zero-order chi connectivity index (χ0) is 21.4. The zero-order valence-electron chi connectivity index (χ0n) is 17.5. The first-order valence-electron chi connectivity index (χ1n) is 10.6. The van der Waals surface area contributed by atoms with Gasteiger partial charge in [-0.1, -0.05) is 42.0 Å². The lowest BCUT2D eigenvalue weighted by atomic mass is 10.0. The van der Waals surface area contributed by atoms with Crippen LogP contribution in [0.5, 0.6) is 0 Å². The van der Waals surface area contributed by atoms with Gasteiger partial charge in [0.05, 0.1) is 23.8 Å². The fourth-order valence-corrected chi connectivity index (χ4v) is 4.04. The Morgan fingerprint density at radius 1 is 0.935 bits per heavy atom. The average molecular weight is 412 g/mol. The van der Waals surface area contributed by atoms with Gasteiger partial charge in [-0.3, -0.25) is 14.2 Å². The quantitative estimate of drug-likeness (QED) is 0.554. The highest BCUT2D eigenvalue weighted by molar-refractivity contribution is 5.94. The molecule has 1 aliphatic rings. The number of hydrogen-bond donors (Lipinski definition) is 1. The topological polar surface area (TPSA) is 76.5 Å². The number of hydrogen-bond acceptors (Lipinski definition) is 4. The van der Waals surface area contributed by atoms with E-state index >= 15 is 0 Å². The summed E-state index contributed by atoms with van der Waals surface area (Å²) in [6.07, 6.45) is 7.38. The van der Waals surface area contributed by atoms with E-state index in [4.69, 9.17) is 5.73 Å². The van der Waals surface area contributed by atoms with Gasteiger partial charge in [0.25, 0.3) is 5.91 Å². The number of benzene rings is 2. The SMILES string of the molecule is Cc1ccc(-c2cnc3cnc(-c4ccc(C(=O)N5CCC(N)CC5)cc4)cn23)cc1. The van der Waals surface area contributed by atoms with Crippen molar-refractivity contribution in [3.05, 3.63) is 78.2 Å². The number of carbonyl (C=O) groups is 1. The van der Waals surface area contributed by atoms with E-state index < -0.39 is 0 Å². The number of fused-ring (bicyclic) bond motifs is 1. The molecule has 1 fully saturated rings. The Morgan fingerprint density at radius 3 is 2.32 bits per heavy atom. The Kier molecular flexibility index (Phi) is 5.00. The Balaban J connectivity index is 1.42. The van der Waals surface area contributed by atoms with E-state index in [0.717, 1.165) is 54.1 Å². The third-order valence-electron chi connectivity index (χ3n) is 6.00. The maximum absolute atomic E-state index is 12.8. The number of imidazole rings is 1. The Morgan fingerprint density at radius 2 is 1.61 bits per heavy atom. The molecule has 0 radical (unpaired) electrons. The fraction of sp³-hybridized carbons (Fsp3) is 0.240. The first-order chi connectivity index (χ1) is 15.1. The number of rotatable bonds is 3. The molecule has 6 heteroatoms. The number of likely N-dealkylation sites (tertiary alicyclic amines) is 1. The number of nitrogens with zero attached hydrogens (tertiary/aromatic N) is 4. The lowest BCUT2D eigenvalue weighted by Crippen LogP contribution is -2.42. The molecule has 0 spiro atoms. The Bertz CT molecular complexity index is 1220. The lowest BCUT2D eigenvalue weighted by Gasteiger charge is -2.30. The maximum atomic E-state index is 12.8. The van der Waals surface area contributed by atoms with Crippen LogP contribution in [0.2, 0.25) is 0 Å². The van der Waals surface area contributed by atoms with Crippen molar-refractivity contribution in [3.8, 4) is 22.5 Å². The summed E-state index contributed by atoms with van der Waals surface area (Å²) in [6.45, 7) is 3.53. The normalized spacial score (nSPS) is 14.8. The number of carbonyl (C=O) groups excluding carboxylic acids is 1. The molecule has 6 nitrogen and oxygen atoms in total. The van der Waals surface area contributed by atoms with Crippen LogP contribution >= 0.6 is 0 Å². The molecule has 3 heterocycles. The summed E-state index contributed by atoms with van der Waals surface area (Å²) in [5, 5.41) is 0. The van der Waals surface area contributed by atoms with E-state index in [1.807, 2.05) is 41.6 Å². The van der Waals surface area contributed by atoms with Crippen LogP contribution in [0.15, 0.2) is 67.1 Å². The first kappa shape index (κ1) is 19.5. The van der Waals surface area contributed by atoms with Gasteiger partial charge >= 0.3 is 0 Å². The van der Waals surface area contributed by atoms with E-state index in [1.165, 1.54) is 5.56 Å². The highest BCUT2D eigenvalue weighted by atomic mass is 16.2. The number of amides is 1. The molecule has 0 bridgehead atoms. The summed E-state index contributed by atoms with van der Waals surface area (Å²) >= 11 is 0. The van der Waals surface area contributed by atoms with E-state index in [2.05, 4.69) is 45.6 Å². The van der Waals surface area contributed by atoms with Crippen LogP contribution in [0.4, 0.5) is 0 Å². The molecule has 2 aromatic heterocycles. The molecule has 0 aliphatic carbocycles. The van der Waals surface area contributed by atoms with Crippen molar-refractivity contribution in [2.24, 2.45) is 5.73 Å². The van der Waals surface area contributed by atoms with Crippen LogP contribution in [0.25, 0.3) is 28.2 Å². The lowest BCUT2D eigenvalue weighted by molar-refractivity contribution is 0.0715. The standard InChI is InChI=1S/C25H25N5O/c1-17-2-4-19(5-3-17)23-14-28-24-15-27-22(16-30(23)24)18-6-8-20(9-7-18)25(31)29-12-10-21(26)11-13-29/h2-9,14-16,21H,10-13,26H2,1H3. The van der Waals surface area contributed by atoms with Crippen molar-refractivity contribution in [2.75, 3.05) is 13.1 Å². The number of aromatic nitrogens is 3. The van der Waals surface area contributed by atoms with E-state index in [1.54, 1.807) is 6.20 Å². The monoisotopic (exact) mass is 411 g/mol. The minimum Gasteiger partial charge on any atom is -0.339 e. The molecule has 1 saturated heterocycles. The molecule has 31 heavy (non-hydrogen) atoms. The van der Waals surface area contributed by atoms with Crippen LogP contribution in [0.3, 0.4) is 0 Å². The summed E-state index contributed by atoms with van der Waals surface area (Å²) in [5.74, 6) is 0.0677. The maximum Gasteiger partial charge on any atom is 0.253 e. The molecule has 1 amide bonds. The minimum atomic E-state index is 0.0677. The van der Waals surface area contributed by atoms with Gasteiger partial charge in [-0.2, -0.15) is 0 Å². The third kappa shape index (κ3) is 3.82. The molecule has 2 N–H and O–H groups in total. The van der Waals surface area contributed by atoms with Crippen molar-refractivity contribution in [1.82, 2.24) is 19.3 Å². The van der Waals surface area contributed by atoms with Gasteiger partial charge in [-0.15, -0.1) is 0 Å². The van der Waals surface area contributed by atoms with Crippen LogP contribution < -0.4 is 5.73 Å². The zero-order valence-corrected chi connectivity index (χ0v) is 17.5. The van der Waals surface area contributed by atoms with Gasteiger partial charge < -0.3 is 10.6 Å². The highest BCUT2D eigenvalue weighted by Gasteiger charge is 2.21. The van der Waals surface area contributed by atoms with E-state index in [-0.39, 0.29) is 11.9 Å². The van der Waals surface area contributed by atoms with Crippen LogP contribution in [0.1, 0.15) is 28.8 Å². The molecule has 0 saturated carbocycles. The summed E-state index contributed by atoms with van der Waals surface area (Å²) < 4.78 is 2.06. The van der Waals surface area contributed by atoms with Crippen molar-refractivity contribution in [3.63, 3.8) is 0 Å². The van der Waals surface area contributed by atoms with Crippen LogP contribution in [-0.4, -0.2) is 44.3 Å². The van der Waals surface area contributed by atoms with E-state index in [0.29, 0.717) is 5.56 Å². The largest absolute Gasteiger partial charge is 0.339 e. The van der Waals surface area contributed by atoms with Crippen molar-refractivity contribution >= 4 is 11.6 Å².